The van der Waals surface area contributed by atoms with E-state index in [1.165, 1.54) is 0 Å². The van der Waals surface area contributed by atoms with E-state index >= 15 is 0 Å². The van der Waals surface area contributed by atoms with E-state index in [1.54, 1.807) is 4.90 Å². The van der Waals surface area contributed by atoms with Gasteiger partial charge in [0.2, 0.25) is 0 Å². The number of carbonyl (C=O) groups excluding carboxylic acids is 2. The lowest BCUT2D eigenvalue weighted by Gasteiger charge is -2.17. The maximum Gasteiger partial charge on any atom is 0.306 e. The molecule has 0 spiro atoms. The SMILES string of the molecule is O=C(C[C@@H]1CCS(=O)(=O)C1)OCC(=O)N1CCc2ccccc21. The van der Waals surface area contributed by atoms with E-state index in [0.717, 1.165) is 17.7 Å². The van der Waals surface area contributed by atoms with E-state index in [-0.39, 0.29) is 36.4 Å². The van der Waals surface area contributed by atoms with Crippen molar-refractivity contribution < 1.29 is 22.7 Å². The number of benzene rings is 1. The Morgan fingerprint density at radius 3 is 2.78 bits per heavy atom. The van der Waals surface area contributed by atoms with Gasteiger partial charge in [-0.3, -0.25) is 9.59 Å². The Labute approximate surface area is 135 Å². The average Bonchev–Trinajstić information content (AvgIpc) is 3.08. The van der Waals surface area contributed by atoms with Gasteiger partial charge in [-0.1, -0.05) is 18.2 Å². The third-order valence-electron chi connectivity index (χ3n) is 4.33. The summed E-state index contributed by atoms with van der Waals surface area (Å²) < 4.78 is 27.8. The zero-order valence-corrected chi connectivity index (χ0v) is 13.5. The number of carbonyl (C=O) groups is 2. The fourth-order valence-corrected chi connectivity index (χ4v) is 5.01. The smallest absolute Gasteiger partial charge is 0.306 e. The highest BCUT2D eigenvalue weighted by molar-refractivity contribution is 7.91. The molecule has 0 radical (unpaired) electrons. The third kappa shape index (κ3) is 3.72. The van der Waals surface area contributed by atoms with Crippen LogP contribution in [-0.4, -0.2) is 45.0 Å². The zero-order valence-electron chi connectivity index (χ0n) is 12.7. The lowest BCUT2D eigenvalue weighted by molar-refractivity contribution is -0.148. The maximum absolute atomic E-state index is 12.2. The van der Waals surface area contributed by atoms with Crippen molar-refractivity contribution in [3.05, 3.63) is 29.8 Å². The second-order valence-electron chi connectivity index (χ2n) is 6.06. The molecule has 0 unspecified atom stereocenters. The molecule has 7 heteroatoms. The van der Waals surface area contributed by atoms with Crippen molar-refractivity contribution in [2.45, 2.75) is 19.3 Å². The number of hydrogen-bond acceptors (Lipinski definition) is 5. The van der Waals surface area contributed by atoms with Gasteiger partial charge in [0.25, 0.3) is 5.91 Å². The molecule has 3 rings (SSSR count). The minimum absolute atomic E-state index is 0.0372. The van der Waals surface area contributed by atoms with Gasteiger partial charge in [0.05, 0.1) is 11.5 Å². The Hall–Kier alpha value is -1.89. The van der Waals surface area contributed by atoms with Crippen LogP contribution in [0.2, 0.25) is 0 Å². The van der Waals surface area contributed by atoms with Crippen molar-refractivity contribution in [1.29, 1.82) is 0 Å². The van der Waals surface area contributed by atoms with Crippen molar-refractivity contribution in [3.63, 3.8) is 0 Å². The van der Waals surface area contributed by atoms with Gasteiger partial charge >= 0.3 is 5.97 Å². The van der Waals surface area contributed by atoms with E-state index in [2.05, 4.69) is 0 Å². The molecular weight excluding hydrogens is 318 g/mol. The van der Waals surface area contributed by atoms with Crippen LogP contribution in [0.1, 0.15) is 18.4 Å². The number of para-hydroxylation sites is 1. The predicted molar refractivity (Wildman–Crippen MR) is 84.8 cm³/mol. The highest BCUT2D eigenvalue weighted by Gasteiger charge is 2.30. The summed E-state index contributed by atoms with van der Waals surface area (Å²) in [5.74, 6) is -0.769. The van der Waals surface area contributed by atoms with Crippen molar-refractivity contribution in [2.75, 3.05) is 29.6 Å². The zero-order chi connectivity index (χ0) is 16.4. The molecule has 1 fully saturated rings. The van der Waals surface area contributed by atoms with Gasteiger partial charge in [-0.2, -0.15) is 0 Å². The topological polar surface area (TPSA) is 80.7 Å². The lowest BCUT2D eigenvalue weighted by Crippen LogP contribution is -2.33. The second-order valence-corrected chi connectivity index (χ2v) is 8.29. The quantitative estimate of drug-likeness (QED) is 0.764. The molecule has 6 nitrogen and oxygen atoms in total. The largest absolute Gasteiger partial charge is 0.456 e. The molecule has 1 aromatic carbocycles. The first-order chi connectivity index (χ1) is 10.9. The number of nitrogens with zero attached hydrogens (tertiary/aromatic N) is 1. The molecule has 1 aromatic rings. The predicted octanol–water partition coefficient (Wildman–Crippen LogP) is 0.944. The number of esters is 1. The number of sulfone groups is 1. The van der Waals surface area contributed by atoms with E-state index in [1.807, 2.05) is 24.3 Å². The summed E-state index contributed by atoms with van der Waals surface area (Å²) in [7, 11) is -3.00. The summed E-state index contributed by atoms with van der Waals surface area (Å²) in [4.78, 5) is 25.6. The molecule has 2 aliphatic heterocycles. The molecular formula is C16H19NO5S. The Morgan fingerprint density at radius 2 is 2.04 bits per heavy atom. The van der Waals surface area contributed by atoms with Gasteiger partial charge in [0.1, 0.15) is 0 Å². The number of rotatable bonds is 4. The first-order valence-corrected chi connectivity index (χ1v) is 9.51. The van der Waals surface area contributed by atoms with Crippen LogP contribution in [0.4, 0.5) is 5.69 Å². The summed E-state index contributed by atoms with van der Waals surface area (Å²) >= 11 is 0. The highest BCUT2D eigenvalue weighted by atomic mass is 32.2. The van der Waals surface area contributed by atoms with E-state index in [0.29, 0.717) is 13.0 Å². The van der Waals surface area contributed by atoms with Gasteiger partial charge in [-0.25, -0.2) is 8.42 Å². The summed E-state index contributed by atoms with van der Waals surface area (Å²) in [5, 5.41) is 0. The van der Waals surface area contributed by atoms with Crippen molar-refractivity contribution in [2.24, 2.45) is 5.92 Å². The molecule has 1 amide bonds. The first-order valence-electron chi connectivity index (χ1n) is 7.69. The molecule has 23 heavy (non-hydrogen) atoms. The van der Waals surface area contributed by atoms with E-state index in [4.69, 9.17) is 4.74 Å². The van der Waals surface area contributed by atoms with Crippen LogP contribution in [-0.2, 0) is 30.6 Å². The molecule has 1 atom stereocenters. The van der Waals surface area contributed by atoms with Crippen molar-refractivity contribution >= 4 is 27.4 Å². The van der Waals surface area contributed by atoms with Crippen LogP contribution >= 0.6 is 0 Å². The van der Waals surface area contributed by atoms with Gasteiger partial charge in [-0.15, -0.1) is 0 Å². The molecule has 0 N–H and O–H groups in total. The summed E-state index contributed by atoms with van der Waals surface area (Å²) in [6.45, 7) is 0.295. The Kier molecular flexibility index (Phi) is 4.39. The summed E-state index contributed by atoms with van der Waals surface area (Å²) in [5.41, 5.74) is 1.98. The molecule has 0 aliphatic carbocycles. The van der Waals surface area contributed by atoms with Crippen LogP contribution < -0.4 is 4.90 Å². The molecule has 1 saturated heterocycles. The molecule has 0 bridgehead atoms. The molecule has 0 aromatic heterocycles. The molecule has 2 aliphatic rings. The van der Waals surface area contributed by atoms with Crippen LogP contribution in [0.25, 0.3) is 0 Å². The minimum Gasteiger partial charge on any atom is -0.456 e. The average molecular weight is 337 g/mol. The number of ether oxygens (including phenoxy) is 1. The standard InChI is InChI=1S/C16H19NO5S/c18-15(17-7-5-13-3-1-2-4-14(13)17)10-22-16(19)9-12-6-8-23(20,21)11-12/h1-4,12H,5-11H2/t12-/m0/s1. The Bertz CT molecular complexity index is 728. The maximum atomic E-state index is 12.2. The van der Waals surface area contributed by atoms with Gasteiger partial charge < -0.3 is 9.64 Å². The Balaban J connectivity index is 1.49. The third-order valence-corrected chi connectivity index (χ3v) is 6.16. The van der Waals surface area contributed by atoms with Crippen molar-refractivity contribution in [1.82, 2.24) is 0 Å². The Morgan fingerprint density at radius 1 is 1.26 bits per heavy atom. The normalized spacial score (nSPS) is 21.9. The number of anilines is 1. The number of hydrogen-bond donors (Lipinski definition) is 0. The van der Waals surface area contributed by atoms with Crippen molar-refractivity contribution in [3.8, 4) is 0 Å². The van der Waals surface area contributed by atoms with Crippen LogP contribution in [0.3, 0.4) is 0 Å². The second kappa shape index (κ2) is 6.31. The van der Waals surface area contributed by atoms with Gasteiger partial charge in [0, 0.05) is 18.7 Å². The van der Waals surface area contributed by atoms with E-state index < -0.39 is 15.8 Å². The van der Waals surface area contributed by atoms with Gasteiger partial charge in [0.15, 0.2) is 16.4 Å². The fourth-order valence-electron chi connectivity index (χ4n) is 3.15. The molecule has 124 valence electrons. The van der Waals surface area contributed by atoms with Crippen LogP contribution in [0.15, 0.2) is 24.3 Å². The highest BCUT2D eigenvalue weighted by Crippen LogP contribution is 2.27. The summed E-state index contributed by atoms with van der Waals surface area (Å²) in [6.07, 6.45) is 1.35. The monoisotopic (exact) mass is 337 g/mol. The molecule has 0 saturated carbocycles. The number of fused-ring (bicyclic) bond motifs is 1. The minimum atomic E-state index is -3.00. The van der Waals surface area contributed by atoms with Crippen LogP contribution in [0, 0.1) is 5.92 Å². The fraction of sp³-hybridized carbons (Fsp3) is 0.500. The summed E-state index contributed by atoms with van der Waals surface area (Å²) in [6, 6.07) is 7.67. The first kappa shape index (κ1) is 16.0. The lowest BCUT2D eigenvalue weighted by atomic mass is 10.1. The van der Waals surface area contributed by atoms with E-state index in [9.17, 15) is 18.0 Å². The number of amides is 1. The van der Waals surface area contributed by atoms with Crippen LogP contribution in [0.5, 0.6) is 0 Å². The molecule has 2 heterocycles. The van der Waals surface area contributed by atoms with Gasteiger partial charge in [-0.05, 0) is 30.4 Å².